The summed E-state index contributed by atoms with van der Waals surface area (Å²) in [5.74, 6) is 2.78. The Morgan fingerprint density at radius 3 is 2.32 bits per heavy atom. The van der Waals surface area contributed by atoms with Crippen molar-refractivity contribution in [2.24, 2.45) is 17.8 Å². The van der Waals surface area contributed by atoms with Gasteiger partial charge < -0.3 is 4.74 Å². The Morgan fingerprint density at radius 1 is 0.893 bits per heavy atom. The molecule has 150 valence electrons. The van der Waals surface area contributed by atoms with Crippen molar-refractivity contribution in [1.82, 2.24) is 0 Å². The Labute approximate surface area is 164 Å². The number of ether oxygens (including phenoxy) is 1. The first-order valence-electron chi connectivity index (χ1n) is 10.3. The maximum atomic E-state index is 14.8. The van der Waals surface area contributed by atoms with E-state index in [2.05, 4.69) is 11.7 Å². The molecule has 1 nitrogen and oxygen atoms in total. The standard InChI is InChI=1S/C24H27F3O/c1-15-2-3-18-13-19(5-4-17(18)12-15)20-8-11-22(23(25)14-20)16-6-9-21(10-7-16)28-24(26)27/h6-11,14-15,17-19,24H,2-5,12-13H2,1H3. The van der Waals surface area contributed by atoms with E-state index in [0.717, 1.165) is 29.7 Å². The first-order valence-corrected chi connectivity index (χ1v) is 10.3. The van der Waals surface area contributed by atoms with Crippen molar-refractivity contribution in [3.8, 4) is 16.9 Å². The summed E-state index contributed by atoms with van der Waals surface area (Å²) in [6, 6.07) is 11.7. The zero-order valence-electron chi connectivity index (χ0n) is 16.2. The number of halogens is 3. The SMILES string of the molecule is CC1CCC2CC(c3ccc(-c4ccc(OC(F)F)cc4)c(F)c3)CCC2C1. The van der Waals surface area contributed by atoms with Gasteiger partial charge >= 0.3 is 6.61 Å². The first-order chi connectivity index (χ1) is 13.5. The molecule has 2 fully saturated rings. The molecule has 0 bridgehead atoms. The predicted octanol–water partition coefficient (Wildman–Crippen LogP) is 7.41. The molecular formula is C24H27F3O. The fourth-order valence-corrected chi connectivity index (χ4v) is 5.26. The molecule has 2 aromatic carbocycles. The molecule has 0 aliphatic heterocycles. The van der Waals surface area contributed by atoms with Crippen LogP contribution in [0, 0.1) is 23.6 Å². The molecule has 0 radical (unpaired) electrons. The van der Waals surface area contributed by atoms with Crippen LogP contribution in [0.25, 0.3) is 11.1 Å². The molecule has 2 aliphatic carbocycles. The summed E-state index contributed by atoms with van der Waals surface area (Å²) in [5.41, 5.74) is 2.25. The fourth-order valence-electron chi connectivity index (χ4n) is 5.26. The largest absolute Gasteiger partial charge is 0.435 e. The van der Waals surface area contributed by atoms with Gasteiger partial charge in [0.25, 0.3) is 0 Å². The monoisotopic (exact) mass is 388 g/mol. The lowest BCUT2D eigenvalue weighted by molar-refractivity contribution is -0.0498. The zero-order valence-corrected chi connectivity index (χ0v) is 16.2. The van der Waals surface area contributed by atoms with Gasteiger partial charge in [-0.15, -0.1) is 0 Å². The molecule has 4 heteroatoms. The summed E-state index contributed by atoms with van der Waals surface area (Å²) in [7, 11) is 0. The summed E-state index contributed by atoms with van der Waals surface area (Å²) in [4.78, 5) is 0. The van der Waals surface area contributed by atoms with Gasteiger partial charge in [0.05, 0.1) is 0 Å². The smallest absolute Gasteiger partial charge is 0.387 e. The van der Waals surface area contributed by atoms with E-state index in [-0.39, 0.29) is 11.6 Å². The van der Waals surface area contributed by atoms with Crippen LogP contribution in [0.4, 0.5) is 13.2 Å². The van der Waals surface area contributed by atoms with Crippen LogP contribution >= 0.6 is 0 Å². The molecule has 2 saturated carbocycles. The first kappa shape index (κ1) is 19.4. The van der Waals surface area contributed by atoms with Crippen LogP contribution in [0.15, 0.2) is 42.5 Å². The highest BCUT2D eigenvalue weighted by Crippen LogP contribution is 2.47. The highest BCUT2D eigenvalue weighted by atomic mass is 19.3. The summed E-state index contributed by atoms with van der Waals surface area (Å²) in [5, 5.41) is 0. The van der Waals surface area contributed by atoms with E-state index in [1.807, 2.05) is 12.1 Å². The minimum Gasteiger partial charge on any atom is -0.435 e. The molecule has 4 atom stereocenters. The lowest BCUT2D eigenvalue weighted by atomic mass is 9.64. The van der Waals surface area contributed by atoms with Gasteiger partial charge in [-0.2, -0.15) is 8.78 Å². The molecule has 2 aliphatic rings. The number of fused-ring (bicyclic) bond motifs is 1. The summed E-state index contributed by atoms with van der Waals surface area (Å²) < 4.78 is 43.7. The number of hydrogen-bond donors (Lipinski definition) is 0. The lowest BCUT2D eigenvalue weighted by Gasteiger charge is -2.41. The van der Waals surface area contributed by atoms with Crippen molar-refractivity contribution in [3.05, 3.63) is 53.8 Å². The average Bonchev–Trinajstić information content (AvgIpc) is 2.68. The van der Waals surface area contributed by atoms with E-state index in [4.69, 9.17) is 0 Å². The van der Waals surface area contributed by atoms with E-state index in [1.54, 1.807) is 18.2 Å². The third-order valence-electron chi connectivity index (χ3n) is 6.73. The Kier molecular flexibility index (Phi) is 5.65. The number of hydrogen-bond acceptors (Lipinski definition) is 1. The molecule has 4 rings (SSSR count). The third-order valence-corrected chi connectivity index (χ3v) is 6.73. The maximum absolute atomic E-state index is 14.8. The van der Waals surface area contributed by atoms with Crippen molar-refractivity contribution >= 4 is 0 Å². The van der Waals surface area contributed by atoms with E-state index >= 15 is 0 Å². The Bertz CT molecular complexity index is 802. The molecule has 0 saturated heterocycles. The number of rotatable bonds is 4. The topological polar surface area (TPSA) is 9.23 Å². The molecule has 0 amide bonds. The minimum atomic E-state index is -2.86. The van der Waals surface area contributed by atoms with Gasteiger partial charge in [0.15, 0.2) is 0 Å². The van der Waals surface area contributed by atoms with Crippen LogP contribution in [0.3, 0.4) is 0 Å². The van der Waals surface area contributed by atoms with E-state index in [0.29, 0.717) is 17.0 Å². The van der Waals surface area contributed by atoms with Gasteiger partial charge in [-0.05, 0) is 85.1 Å². The number of benzene rings is 2. The molecule has 0 aromatic heterocycles. The Hall–Kier alpha value is -1.97. The molecule has 28 heavy (non-hydrogen) atoms. The van der Waals surface area contributed by atoms with Crippen molar-refractivity contribution < 1.29 is 17.9 Å². The van der Waals surface area contributed by atoms with Gasteiger partial charge in [-0.25, -0.2) is 4.39 Å². The number of alkyl halides is 2. The van der Waals surface area contributed by atoms with Crippen molar-refractivity contribution in [1.29, 1.82) is 0 Å². The van der Waals surface area contributed by atoms with Gasteiger partial charge in [0.2, 0.25) is 0 Å². The Morgan fingerprint density at radius 2 is 1.61 bits per heavy atom. The Balaban J connectivity index is 1.47. The van der Waals surface area contributed by atoms with Gasteiger partial charge in [0.1, 0.15) is 11.6 Å². The molecule has 0 spiro atoms. The third kappa shape index (κ3) is 4.21. The van der Waals surface area contributed by atoms with Gasteiger partial charge in [-0.1, -0.05) is 37.6 Å². The highest BCUT2D eigenvalue weighted by Gasteiger charge is 2.34. The van der Waals surface area contributed by atoms with Crippen LogP contribution in [0.2, 0.25) is 0 Å². The average molecular weight is 388 g/mol. The van der Waals surface area contributed by atoms with Gasteiger partial charge in [-0.3, -0.25) is 0 Å². The summed E-state index contributed by atoms with van der Waals surface area (Å²) >= 11 is 0. The van der Waals surface area contributed by atoms with Gasteiger partial charge in [0, 0.05) is 5.56 Å². The summed E-state index contributed by atoms with van der Waals surface area (Å²) in [6.07, 6.45) is 7.58. The van der Waals surface area contributed by atoms with Crippen LogP contribution < -0.4 is 4.74 Å². The predicted molar refractivity (Wildman–Crippen MR) is 105 cm³/mol. The van der Waals surface area contributed by atoms with Crippen molar-refractivity contribution in [2.75, 3.05) is 0 Å². The van der Waals surface area contributed by atoms with E-state index < -0.39 is 6.61 Å². The lowest BCUT2D eigenvalue weighted by Crippen LogP contribution is -2.29. The zero-order chi connectivity index (χ0) is 19.7. The van der Waals surface area contributed by atoms with Crippen molar-refractivity contribution in [2.45, 2.75) is 58.0 Å². The quantitative estimate of drug-likeness (QED) is 0.530. The van der Waals surface area contributed by atoms with Crippen LogP contribution in [0.1, 0.15) is 56.9 Å². The van der Waals surface area contributed by atoms with Crippen LogP contribution in [0.5, 0.6) is 5.75 Å². The fraction of sp³-hybridized carbons (Fsp3) is 0.500. The normalized spacial score (nSPS) is 27.5. The molecule has 0 heterocycles. The highest BCUT2D eigenvalue weighted by molar-refractivity contribution is 5.65. The van der Waals surface area contributed by atoms with Crippen molar-refractivity contribution in [3.63, 3.8) is 0 Å². The van der Waals surface area contributed by atoms with Crippen LogP contribution in [-0.2, 0) is 0 Å². The second kappa shape index (κ2) is 8.18. The second-order valence-electron chi connectivity index (χ2n) is 8.59. The molecule has 4 unspecified atom stereocenters. The summed E-state index contributed by atoms with van der Waals surface area (Å²) in [6.45, 7) is -0.493. The second-order valence-corrected chi connectivity index (χ2v) is 8.59. The van der Waals surface area contributed by atoms with E-state index in [1.165, 1.54) is 44.2 Å². The van der Waals surface area contributed by atoms with Crippen LogP contribution in [-0.4, -0.2) is 6.61 Å². The van der Waals surface area contributed by atoms with E-state index in [9.17, 15) is 13.2 Å². The maximum Gasteiger partial charge on any atom is 0.387 e. The molecule has 0 N–H and O–H groups in total. The molecule has 2 aromatic rings. The minimum absolute atomic E-state index is 0.0781. The molecular weight excluding hydrogens is 361 g/mol.